The monoisotopic (exact) mass is 331 g/mol. The van der Waals surface area contributed by atoms with Gasteiger partial charge in [0.2, 0.25) is 0 Å². The van der Waals surface area contributed by atoms with E-state index < -0.39 is 0 Å². The number of aryl methyl sites for hydroxylation is 1. The standard InChI is InChI=1S/C22H21NO2/c1-2-25-16-13-11-15(12-14-16)22(24)21-17-7-3-5-9-19(17)23-20-10-6-4-8-18(20)21/h3,5,7,9,11-14H,2,4,6,8,10H2,1H3. The average Bonchev–Trinajstić information content (AvgIpc) is 2.66. The highest BCUT2D eigenvalue weighted by molar-refractivity contribution is 6.17. The summed E-state index contributed by atoms with van der Waals surface area (Å²) in [7, 11) is 0. The van der Waals surface area contributed by atoms with E-state index in [2.05, 4.69) is 0 Å². The van der Waals surface area contributed by atoms with Gasteiger partial charge in [-0.05, 0) is 68.5 Å². The van der Waals surface area contributed by atoms with Gasteiger partial charge in [-0.15, -0.1) is 0 Å². The van der Waals surface area contributed by atoms with E-state index in [0.29, 0.717) is 12.2 Å². The molecule has 0 saturated carbocycles. The predicted octanol–water partition coefficient (Wildman–Crippen LogP) is 4.74. The normalized spacial score (nSPS) is 13.5. The zero-order valence-corrected chi connectivity index (χ0v) is 14.4. The van der Waals surface area contributed by atoms with Crippen LogP contribution in [0.3, 0.4) is 0 Å². The molecule has 4 rings (SSSR count). The molecule has 3 aromatic rings. The molecule has 0 aliphatic heterocycles. The van der Waals surface area contributed by atoms with Crippen molar-refractivity contribution in [3.8, 4) is 5.75 Å². The number of rotatable bonds is 4. The van der Waals surface area contributed by atoms with E-state index in [1.54, 1.807) is 0 Å². The van der Waals surface area contributed by atoms with Crippen LogP contribution in [0.1, 0.15) is 46.9 Å². The first-order chi connectivity index (χ1) is 12.3. The Balaban J connectivity index is 1.85. The summed E-state index contributed by atoms with van der Waals surface area (Å²) in [6, 6.07) is 15.4. The molecule has 1 heterocycles. The molecule has 0 saturated heterocycles. The fourth-order valence-electron chi connectivity index (χ4n) is 3.65. The molecular formula is C22H21NO2. The van der Waals surface area contributed by atoms with Crippen molar-refractivity contribution in [2.45, 2.75) is 32.6 Å². The smallest absolute Gasteiger partial charge is 0.194 e. The molecule has 25 heavy (non-hydrogen) atoms. The number of nitrogens with zero attached hydrogens (tertiary/aromatic N) is 1. The van der Waals surface area contributed by atoms with Gasteiger partial charge in [0.1, 0.15) is 5.75 Å². The molecule has 0 unspecified atom stereocenters. The van der Waals surface area contributed by atoms with E-state index in [1.165, 1.54) is 0 Å². The molecule has 1 aliphatic carbocycles. The van der Waals surface area contributed by atoms with Gasteiger partial charge >= 0.3 is 0 Å². The number of ketones is 1. The Labute approximate surface area is 147 Å². The van der Waals surface area contributed by atoms with E-state index in [9.17, 15) is 4.79 Å². The van der Waals surface area contributed by atoms with Gasteiger partial charge in [0.25, 0.3) is 0 Å². The first kappa shape index (κ1) is 15.8. The number of hydrogen-bond acceptors (Lipinski definition) is 3. The third kappa shape index (κ3) is 2.91. The summed E-state index contributed by atoms with van der Waals surface area (Å²) in [6.07, 6.45) is 4.17. The van der Waals surface area contributed by atoms with Crippen molar-refractivity contribution in [3.63, 3.8) is 0 Å². The number of aromatic nitrogens is 1. The van der Waals surface area contributed by atoms with Crippen molar-refractivity contribution in [1.82, 2.24) is 4.98 Å². The number of hydrogen-bond donors (Lipinski definition) is 0. The minimum atomic E-state index is 0.0831. The predicted molar refractivity (Wildman–Crippen MR) is 99.4 cm³/mol. The summed E-state index contributed by atoms with van der Waals surface area (Å²) in [5, 5.41) is 0.960. The van der Waals surface area contributed by atoms with Crippen LogP contribution in [0.15, 0.2) is 48.5 Å². The van der Waals surface area contributed by atoms with Crippen LogP contribution in [-0.4, -0.2) is 17.4 Å². The zero-order chi connectivity index (χ0) is 17.2. The number of ether oxygens (including phenoxy) is 1. The minimum Gasteiger partial charge on any atom is -0.494 e. The van der Waals surface area contributed by atoms with Crippen LogP contribution in [0, 0.1) is 0 Å². The topological polar surface area (TPSA) is 39.2 Å². The lowest BCUT2D eigenvalue weighted by Gasteiger charge is -2.20. The summed E-state index contributed by atoms with van der Waals surface area (Å²) in [5.74, 6) is 0.875. The van der Waals surface area contributed by atoms with Crippen molar-refractivity contribution in [1.29, 1.82) is 0 Å². The largest absolute Gasteiger partial charge is 0.494 e. The molecular weight excluding hydrogens is 310 g/mol. The van der Waals surface area contributed by atoms with E-state index in [1.807, 2.05) is 55.5 Å². The Bertz CT molecular complexity index is 929. The number of pyridine rings is 1. The van der Waals surface area contributed by atoms with E-state index in [-0.39, 0.29) is 5.78 Å². The Morgan fingerprint density at radius 3 is 2.60 bits per heavy atom. The first-order valence-corrected chi connectivity index (χ1v) is 8.96. The molecule has 3 nitrogen and oxygen atoms in total. The molecule has 1 aromatic heterocycles. The molecule has 0 atom stereocenters. The maximum Gasteiger partial charge on any atom is 0.194 e. The summed E-state index contributed by atoms with van der Waals surface area (Å²) in [4.78, 5) is 18.2. The number of benzene rings is 2. The lowest BCUT2D eigenvalue weighted by Crippen LogP contribution is -2.14. The van der Waals surface area contributed by atoms with Crippen molar-refractivity contribution < 1.29 is 9.53 Å². The fourth-order valence-corrected chi connectivity index (χ4v) is 3.65. The molecule has 126 valence electrons. The molecule has 0 radical (unpaired) electrons. The van der Waals surface area contributed by atoms with Gasteiger partial charge < -0.3 is 4.74 Å². The van der Waals surface area contributed by atoms with Crippen molar-refractivity contribution >= 4 is 16.7 Å². The van der Waals surface area contributed by atoms with Crippen molar-refractivity contribution in [3.05, 3.63) is 70.9 Å². The number of carbonyl (C=O) groups is 1. The molecule has 0 N–H and O–H groups in total. The number of fused-ring (bicyclic) bond motifs is 2. The summed E-state index contributed by atoms with van der Waals surface area (Å²) in [5.41, 5.74) is 4.69. The SMILES string of the molecule is CCOc1ccc(C(=O)c2c3c(nc4ccccc24)CCCC3)cc1. The molecule has 0 bridgehead atoms. The molecule has 3 heteroatoms. The minimum absolute atomic E-state index is 0.0831. The van der Waals surface area contributed by atoms with Crippen LogP contribution in [0.4, 0.5) is 0 Å². The van der Waals surface area contributed by atoms with Gasteiger partial charge in [-0.1, -0.05) is 18.2 Å². The Kier molecular flexibility index (Phi) is 4.22. The van der Waals surface area contributed by atoms with Gasteiger partial charge in [0.15, 0.2) is 5.78 Å². The van der Waals surface area contributed by atoms with Crippen LogP contribution in [-0.2, 0) is 12.8 Å². The number of carbonyl (C=O) groups excluding carboxylic acids is 1. The average molecular weight is 331 g/mol. The van der Waals surface area contributed by atoms with Gasteiger partial charge in [-0.3, -0.25) is 9.78 Å². The van der Waals surface area contributed by atoms with Crippen molar-refractivity contribution in [2.24, 2.45) is 0 Å². The van der Waals surface area contributed by atoms with E-state index >= 15 is 0 Å². The van der Waals surface area contributed by atoms with Gasteiger partial charge in [0.05, 0.1) is 12.1 Å². The van der Waals surface area contributed by atoms with Crippen molar-refractivity contribution in [2.75, 3.05) is 6.61 Å². The molecule has 2 aromatic carbocycles. The highest BCUT2D eigenvalue weighted by Gasteiger charge is 2.23. The van der Waals surface area contributed by atoms with Gasteiger partial charge in [0, 0.05) is 22.2 Å². The molecule has 0 fully saturated rings. The van der Waals surface area contributed by atoms with Crippen LogP contribution in [0.5, 0.6) is 5.75 Å². The fraction of sp³-hybridized carbons (Fsp3) is 0.273. The summed E-state index contributed by atoms with van der Waals surface area (Å²) >= 11 is 0. The maximum absolute atomic E-state index is 13.3. The third-order valence-electron chi connectivity index (χ3n) is 4.82. The third-order valence-corrected chi connectivity index (χ3v) is 4.82. The second-order valence-corrected chi connectivity index (χ2v) is 6.42. The first-order valence-electron chi connectivity index (χ1n) is 8.96. The zero-order valence-electron chi connectivity index (χ0n) is 14.4. The Morgan fingerprint density at radius 2 is 1.80 bits per heavy atom. The van der Waals surface area contributed by atoms with Gasteiger partial charge in [-0.2, -0.15) is 0 Å². The van der Waals surface area contributed by atoms with E-state index in [4.69, 9.17) is 9.72 Å². The lowest BCUT2D eigenvalue weighted by atomic mass is 9.86. The van der Waals surface area contributed by atoms with Crippen LogP contribution < -0.4 is 4.74 Å². The molecule has 0 spiro atoms. The summed E-state index contributed by atoms with van der Waals surface area (Å²) < 4.78 is 5.49. The molecule has 1 aliphatic rings. The molecule has 0 amide bonds. The second-order valence-electron chi connectivity index (χ2n) is 6.42. The van der Waals surface area contributed by atoms with E-state index in [0.717, 1.165) is 59.2 Å². The highest BCUT2D eigenvalue weighted by Crippen LogP contribution is 2.31. The maximum atomic E-state index is 13.3. The summed E-state index contributed by atoms with van der Waals surface area (Å²) in [6.45, 7) is 2.57. The Hall–Kier alpha value is -2.68. The van der Waals surface area contributed by atoms with Crippen LogP contribution >= 0.6 is 0 Å². The quantitative estimate of drug-likeness (QED) is 0.648. The highest BCUT2D eigenvalue weighted by atomic mass is 16.5. The lowest BCUT2D eigenvalue weighted by molar-refractivity contribution is 0.103. The van der Waals surface area contributed by atoms with Crippen LogP contribution in [0.2, 0.25) is 0 Å². The van der Waals surface area contributed by atoms with Gasteiger partial charge in [-0.25, -0.2) is 0 Å². The number of para-hydroxylation sites is 1. The Morgan fingerprint density at radius 1 is 1.04 bits per heavy atom. The van der Waals surface area contributed by atoms with Crippen LogP contribution in [0.25, 0.3) is 10.9 Å². The second kappa shape index (κ2) is 6.67.